The van der Waals surface area contributed by atoms with E-state index in [0.29, 0.717) is 17.7 Å². The average molecular weight is 352 g/mol. The first kappa shape index (κ1) is 17.7. The normalized spacial score (nSPS) is 15.2. The lowest BCUT2D eigenvalue weighted by molar-refractivity contribution is -0.173. The van der Waals surface area contributed by atoms with E-state index in [-0.39, 0.29) is 30.4 Å². The van der Waals surface area contributed by atoms with Gasteiger partial charge in [-0.15, -0.1) is 0 Å². The molecule has 0 unspecified atom stereocenters. The van der Waals surface area contributed by atoms with E-state index in [1.54, 1.807) is 0 Å². The van der Waals surface area contributed by atoms with Crippen molar-refractivity contribution in [3.63, 3.8) is 0 Å². The number of aryl methyl sites for hydroxylation is 1. The number of alkyl halides is 3. The van der Waals surface area contributed by atoms with Crippen molar-refractivity contribution in [1.29, 1.82) is 0 Å². The lowest BCUT2D eigenvalue weighted by Crippen LogP contribution is -2.29. The highest BCUT2D eigenvalue weighted by atomic mass is 32.2. The molecular formula is C13H15F3N2O4S. The van der Waals surface area contributed by atoms with Crippen molar-refractivity contribution in [3.05, 3.63) is 23.8 Å². The van der Waals surface area contributed by atoms with Crippen molar-refractivity contribution in [2.45, 2.75) is 23.9 Å². The van der Waals surface area contributed by atoms with Gasteiger partial charge in [0, 0.05) is 18.7 Å². The molecule has 0 bridgehead atoms. The van der Waals surface area contributed by atoms with Gasteiger partial charge in [0.2, 0.25) is 15.9 Å². The van der Waals surface area contributed by atoms with Gasteiger partial charge in [-0.2, -0.15) is 13.2 Å². The Hall–Kier alpha value is -1.65. The Labute approximate surface area is 131 Å². The molecule has 6 nitrogen and oxygen atoms in total. The molecule has 0 aliphatic carbocycles. The highest BCUT2D eigenvalue weighted by Crippen LogP contribution is 2.25. The number of benzene rings is 1. The summed E-state index contributed by atoms with van der Waals surface area (Å²) in [5, 5.41) is 2.63. The number of nitrogens with one attached hydrogen (secondary N) is 2. The number of rotatable bonds is 6. The number of sulfonamides is 1. The number of hydrogen-bond donors (Lipinski definition) is 2. The second-order valence-corrected chi connectivity index (χ2v) is 6.70. The molecule has 0 fully saturated rings. The molecule has 0 saturated carbocycles. The van der Waals surface area contributed by atoms with Crippen LogP contribution in [-0.2, 0) is 26.0 Å². The monoisotopic (exact) mass is 352 g/mol. The maximum absolute atomic E-state index is 12.1. The number of carbonyl (C=O) groups is 1. The third kappa shape index (κ3) is 5.19. The minimum absolute atomic E-state index is 0.0109. The van der Waals surface area contributed by atoms with Gasteiger partial charge in [0.05, 0.1) is 11.5 Å². The first-order chi connectivity index (χ1) is 10.7. The number of anilines is 1. The van der Waals surface area contributed by atoms with E-state index in [9.17, 15) is 26.4 Å². The van der Waals surface area contributed by atoms with Crippen LogP contribution in [0.4, 0.5) is 18.9 Å². The van der Waals surface area contributed by atoms with Gasteiger partial charge >= 0.3 is 6.18 Å². The van der Waals surface area contributed by atoms with Gasteiger partial charge in [0.25, 0.3) is 0 Å². The van der Waals surface area contributed by atoms with Gasteiger partial charge in [-0.3, -0.25) is 4.79 Å². The van der Waals surface area contributed by atoms with E-state index >= 15 is 0 Å². The average Bonchev–Trinajstić information content (AvgIpc) is 2.45. The summed E-state index contributed by atoms with van der Waals surface area (Å²) in [4.78, 5) is 11.2. The Bertz CT molecular complexity index is 689. The van der Waals surface area contributed by atoms with Crippen LogP contribution in [0.15, 0.2) is 23.1 Å². The van der Waals surface area contributed by atoms with Gasteiger partial charge in [-0.1, -0.05) is 0 Å². The second kappa shape index (κ2) is 6.85. The maximum Gasteiger partial charge on any atom is 0.411 e. The maximum atomic E-state index is 12.1. The molecule has 1 aliphatic rings. The van der Waals surface area contributed by atoms with E-state index < -0.39 is 22.8 Å². The predicted molar refractivity (Wildman–Crippen MR) is 75.5 cm³/mol. The molecule has 0 radical (unpaired) electrons. The molecule has 0 atom stereocenters. The van der Waals surface area contributed by atoms with Crippen LogP contribution in [0.5, 0.6) is 0 Å². The fourth-order valence-corrected chi connectivity index (χ4v) is 3.11. The summed E-state index contributed by atoms with van der Waals surface area (Å²) in [6, 6.07) is 4.25. The van der Waals surface area contributed by atoms with Crippen molar-refractivity contribution >= 4 is 21.6 Å². The van der Waals surface area contributed by atoms with Crippen LogP contribution in [0.2, 0.25) is 0 Å². The van der Waals surface area contributed by atoms with Crippen molar-refractivity contribution in [3.8, 4) is 0 Å². The molecule has 2 rings (SSSR count). The number of carbonyl (C=O) groups excluding carboxylic acids is 1. The number of hydrogen-bond acceptors (Lipinski definition) is 4. The van der Waals surface area contributed by atoms with Crippen LogP contribution in [0.25, 0.3) is 0 Å². The van der Waals surface area contributed by atoms with E-state index in [4.69, 9.17) is 0 Å². The first-order valence-electron chi connectivity index (χ1n) is 6.74. The number of amides is 1. The summed E-state index contributed by atoms with van der Waals surface area (Å²) in [6.07, 6.45) is -3.74. The van der Waals surface area contributed by atoms with E-state index in [1.807, 2.05) is 0 Å². The minimum atomic E-state index is -4.44. The Morgan fingerprint density at radius 3 is 2.70 bits per heavy atom. The third-order valence-electron chi connectivity index (χ3n) is 3.09. The summed E-state index contributed by atoms with van der Waals surface area (Å²) in [5.41, 5.74) is 1.26. The molecular weight excluding hydrogens is 337 g/mol. The van der Waals surface area contributed by atoms with Crippen LogP contribution >= 0.6 is 0 Å². The quantitative estimate of drug-likeness (QED) is 0.759. The molecule has 1 aromatic carbocycles. The molecule has 1 heterocycles. The lowest BCUT2D eigenvalue weighted by atomic mass is 10.0. The Kier molecular flexibility index (Phi) is 5.27. The molecule has 23 heavy (non-hydrogen) atoms. The van der Waals surface area contributed by atoms with Crippen molar-refractivity contribution in [2.24, 2.45) is 0 Å². The standard InChI is InChI=1S/C13H15F3N2O4S/c14-13(15,16)8-22-6-5-17-23(20,21)10-2-3-11-9(7-10)1-4-12(19)18-11/h2-3,7,17H,1,4-6,8H2,(H,18,19). The first-order valence-corrected chi connectivity index (χ1v) is 8.23. The van der Waals surface area contributed by atoms with Gasteiger partial charge in [-0.25, -0.2) is 13.1 Å². The van der Waals surface area contributed by atoms with Gasteiger partial charge < -0.3 is 10.1 Å². The molecule has 1 amide bonds. The molecule has 10 heteroatoms. The summed E-state index contributed by atoms with van der Waals surface area (Å²) in [6.45, 7) is -2.08. The smallest absolute Gasteiger partial charge is 0.371 e. The zero-order valence-corrected chi connectivity index (χ0v) is 12.8. The summed E-state index contributed by atoms with van der Waals surface area (Å²) in [5.74, 6) is -0.131. The summed E-state index contributed by atoms with van der Waals surface area (Å²) < 4.78 is 66.3. The molecule has 1 aliphatic heterocycles. The predicted octanol–water partition coefficient (Wildman–Crippen LogP) is 1.43. The second-order valence-electron chi connectivity index (χ2n) is 4.93. The molecule has 128 valence electrons. The molecule has 0 aromatic heterocycles. The van der Waals surface area contributed by atoms with Crippen LogP contribution < -0.4 is 10.0 Å². The van der Waals surface area contributed by atoms with Crippen LogP contribution in [-0.4, -0.2) is 40.3 Å². The Morgan fingerprint density at radius 1 is 1.26 bits per heavy atom. The molecule has 0 saturated heterocycles. The largest absolute Gasteiger partial charge is 0.411 e. The van der Waals surface area contributed by atoms with Crippen molar-refractivity contribution in [1.82, 2.24) is 4.72 Å². The van der Waals surface area contributed by atoms with Crippen LogP contribution in [0, 0.1) is 0 Å². The van der Waals surface area contributed by atoms with Crippen molar-refractivity contribution in [2.75, 3.05) is 25.1 Å². The minimum Gasteiger partial charge on any atom is -0.371 e. The van der Waals surface area contributed by atoms with Crippen LogP contribution in [0.1, 0.15) is 12.0 Å². The number of fused-ring (bicyclic) bond motifs is 1. The van der Waals surface area contributed by atoms with E-state index in [0.717, 1.165) is 0 Å². The SMILES string of the molecule is O=C1CCc2cc(S(=O)(=O)NCCOCC(F)(F)F)ccc2N1. The number of ether oxygens (including phenoxy) is 1. The molecule has 2 N–H and O–H groups in total. The number of halogens is 3. The Balaban J connectivity index is 1.93. The third-order valence-corrected chi connectivity index (χ3v) is 4.55. The zero-order valence-electron chi connectivity index (χ0n) is 11.9. The molecule has 1 aromatic rings. The Morgan fingerprint density at radius 2 is 2.00 bits per heavy atom. The van der Waals surface area contributed by atoms with E-state index in [1.165, 1.54) is 18.2 Å². The van der Waals surface area contributed by atoms with Gasteiger partial charge in [0.1, 0.15) is 6.61 Å². The summed E-state index contributed by atoms with van der Waals surface area (Å²) >= 11 is 0. The highest BCUT2D eigenvalue weighted by molar-refractivity contribution is 7.89. The van der Waals surface area contributed by atoms with E-state index in [2.05, 4.69) is 14.8 Å². The lowest BCUT2D eigenvalue weighted by Gasteiger charge is -2.17. The van der Waals surface area contributed by atoms with Crippen molar-refractivity contribution < 1.29 is 31.1 Å². The van der Waals surface area contributed by atoms with Crippen LogP contribution in [0.3, 0.4) is 0 Å². The summed E-state index contributed by atoms with van der Waals surface area (Å²) in [7, 11) is -3.85. The van der Waals surface area contributed by atoms with Gasteiger partial charge in [-0.05, 0) is 30.2 Å². The van der Waals surface area contributed by atoms with Gasteiger partial charge in [0.15, 0.2) is 0 Å². The fraction of sp³-hybridized carbons (Fsp3) is 0.462. The zero-order chi connectivity index (χ0) is 17.1. The highest BCUT2D eigenvalue weighted by Gasteiger charge is 2.27. The molecule has 0 spiro atoms. The fourth-order valence-electron chi connectivity index (χ4n) is 2.05. The topological polar surface area (TPSA) is 84.5 Å².